The topological polar surface area (TPSA) is 78.9 Å². The molecule has 0 N–H and O–H groups in total. The zero-order valence-electron chi connectivity index (χ0n) is 52.7. The number of hydrogen-bond donors (Lipinski definition) is 0. The van der Waals surface area contributed by atoms with E-state index in [0.29, 0.717) is 19.3 Å². The lowest BCUT2D eigenvalue weighted by Crippen LogP contribution is -2.30. The van der Waals surface area contributed by atoms with Crippen LogP contribution in [0.5, 0.6) is 0 Å². The molecule has 0 aliphatic heterocycles. The van der Waals surface area contributed by atoms with Crippen LogP contribution in [-0.2, 0) is 28.6 Å². The summed E-state index contributed by atoms with van der Waals surface area (Å²) in [5.41, 5.74) is 0. The van der Waals surface area contributed by atoms with Crippen LogP contribution < -0.4 is 0 Å². The SMILES string of the molecule is CCCCCCC/C=C\C/C=C\CCCCCCCCCCCCCCCC(=O)OCC(COC(=O)CCCCCCCCCCCCCCCCCCC)OC(=O)CCCCCCCCC/C=C\CCCCCCCCC. The van der Waals surface area contributed by atoms with Gasteiger partial charge in [-0.1, -0.05) is 327 Å². The normalized spacial score (nSPS) is 12.2. The van der Waals surface area contributed by atoms with Crippen molar-refractivity contribution in [3.63, 3.8) is 0 Å². The fraction of sp³-hybridized carbons (Fsp3) is 0.875. The Morgan fingerprint density at radius 2 is 0.462 bits per heavy atom. The van der Waals surface area contributed by atoms with Crippen molar-refractivity contribution < 1.29 is 28.6 Å². The van der Waals surface area contributed by atoms with Gasteiger partial charge in [-0.15, -0.1) is 0 Å². The number of allylic oxidation sites excluding steroid dienone is 6. The fourth-order valence-corrected chi connectivity index (χ4v) is 10.6. The van der Waals surface area contributed by atoms with Crippen molar-refractivity contribution in [2.24, 2.45) is 0 Å². The van der Waals surface area contributed by atoms with E-state index in [4.69, 9.17) is 14.2 Å². The van der Waals surface area contributed by atoms with Crippen LogP contribution in [0.4, 0.5) is 0 Å². The Morgan fingerprint density at radius 3 is 0.718 bits per heavy atom. The maximum absolute atomic E-state index is 12.9. The summed E-state index contributed by atoms with van der Waals surface area (Å²) in [5, 5.41) is 0. The van der Waals surface area contributed by atoms with Crippen LogP contribution in [0.15, 0.2) is 36.5 Å². The second kappa shape index (κ2) is 67.1. The van der Waals surface area contributed by atoms with Crippen molar-refractivity contribution in [1.29, 1.82) is 0 Å². The van der Waals surface area contributed by atoms with Gasteiger partial charge in [0.25, 0.3) is 0 Å². The summed E-state index contributed by atoms with van der Waals surface area (Å²) in [5.74, 6) is -0.844. The molecule has 0 aromatic heterocycles. The molecule has 0 fully saturated rings. The predicted molar refractivity (Wildman–Crippen MR) is 339 cm³/mol. The van der Waals surface area contributed by atoms with Crippen molar-refractivity contribution in [2.75, 3.05) is 13.2 Å². The van der Waals surface area contributed by atoms with Crippen LogP contribution in [0.1, 0.15) is 387 Å². The minimum absolute atomic E-state index is 0.0687. The van der Waals surface area contributed by atoms with E-state index in [1.54, 1.807) is 0 Å². The number of esters is 3. The molecule has 0 aromatic carbocycles. The van der Waals surface area contributed by atoms with Gasteiger partial charge in [-0.25, -0.2) is 0 Å². The number of rotatable bonds is 65. The first-order chi connectivity index (χ1) is 38.5. The van der Waals surface area contributed by atoms with E-state index in [-0.39, 0.29) is 31.1 Å². The molecule has 6 heteroatoms. The van der Waals surface area contributed by atoms with Crippen molar-refractivity contribution in [3.8, 4) is 0 Å². The molecule has 458 valence electrons. The minimum Gasteiger partial charge on any atom is -0.462 e. The minimum atomic E-state index is -0.773. The molecule has 0 radical (unpaired) electrons. The lowest BCUT2D eigenvalue weighted by Gasteiger charge is -2.18. The van der Waals surface area contributed by atoms with E-state index >= 15 is 0 Å². The van der Waals surface area contributed by atoms with Crippen LogP contribution in [0, 0.1) is 0 Å². The molecule has 1 atom stereocenters. The van der Waals surface area contributed by atoms with Gasteiger partial charge in [-0.2, -0.15) is 0 Å². The maximum atomic E-state index is 12.9. The molecule has 0 rings (SSSR count). The first kappa shape index (κ1) is 75.6. The average Bonchev–Trinajstić information content (AvgIpc) is 3.44. The van der Waals surface area contributed by atoms with Gasteiger partial charge in [0.2, 0.25) is 0 Å². The quantitative estimate of drug-likeness (QED) is 0.0261. The lowest BCUT2D eigenvalue weighted by atomic mass is 10.0. The Morgan fingerprint density at radius 1 is 0.256 bits per heavy atom. The van der Waals surface area contributed by atoms with Gasteiger partial charge in [0.1, 0.15) is 13.2 Å². The first-order valence-corrected chi connectivity index (χ1v) is 35.0. The molecule has 6 nitrogen and oxygen atoms in total. The molecule has 0 bridgehead atoms. The molecule has 0 amide bonds. The molecule has 0 aliphatic carbocycles. The van der Waals surface area contributed by atoms with E-state index in [1.807, 2.05) is 0 Å². The number of carbonyl (C=O) groups excluding carboxylic acids is 3. The number of carbonyl (C=O) groups is 3. The molecule has 0 aliphatic rings. The van der Waals surface area contributed by atoms with Crippen LogP contribution in [0.25, 0.3) is 0 Å². The third-order valence-electron chi connectivity index (χ3n) is 15.9. The van der Waals surface area contributed by atoms with Gasteiger partial charge in [-0.05, 0) is 77.0 Å². The zero-order chi connectivity index (χ0) is 56.4. The van der Waals surface area contributed by atoms with Crippen LogP contribution in [0.2, 0.25) is 0 Å². The zero-order valence-corrected chi connectivity index (χ0v) is 52.7. The summed E-state index contributed by atoms with van der Waals surface area (Å²) in [6.07, 6.45) is 83.0. The highest BCUT2D eigenvalue weighted by atomic mass is 16.6. The monoisotopic (exact) mass is 1100 g/mol. The Hall–Kier alpha value is -2.37. The molecule has 0 saturated heterocycles. The summed E-state index contributed by atoms with van der Waals surface area (Å²) in [7, 11) is 0. The third-order valence-corrected chi connectivity index (χ3v) is 15.9. The summed E-state index contributed by atoms with van der Waals surface area (Å²) in [4.78, 5) is 38.4. The summed E-state index contributed by atoms with van der Waals surface area (Å²) in [6, 6.07) is 0. The highest BCUT2D eigenvalue weighted by Crippen LogP contribution is 2.18. The molecule has 0 heterocycles. The number of hydrogen-bond acceptors (Lipinski definition) is 6. The maximum Gasteiger partial charge on any atom is 0.306 e. The summed E-state index contributed by atoms with van der Waals surface area (Å²) >= 11 is 0. The van der Waals surface area contributed by atoms with Crippen molar-refractivity contribution in [1.82, 2.24) is 0 Å². The van der Waals surface area contributed by atoms with Gasteiger partial charge in [0, 0.05) is 19.3 Å². The first-order valence-electron chi connectivity index (χ1n) is 35.0. The van der Waals surface area contributed by atoms with Gasteiger partial charge >= 0.3 is 17.9 Å². The van der Waals surface area contributed by atoms with E-state index in [9.17, 15) is 14.4 Å². The Kier molecular flexibility index (Phi) is 65.1. The predicted octanol–water partition coefficient (Wildman–Crippen LogP) is 23.9. The number of unbranched alkanes of at least 4 members (excludes halogenated alkanes) is 48. The highest BCUT2D eigenvalue weighted by molar-refractivity contribution is 5.71. The molecule has 1 unspecified atom stereocenters. The van der Waals surface area contributed by atoms with Gasteiger partial charge in [-0.3, -0.25) is 14.4 Å². The van der Waals surface area contributed by atoms with Gasteiger partial charge in [0.05, 0.1) is 0 Å². The third kappa shape index (κ3) is 64.5. The van der Waals surface area contributed by atoms with E-state index in [0.717, 1.165) is 64.2 Å². The van der Waals surface area contributed by atoms with Crippen molar-refractivity contribution in [2.45, 2.75) is 393 Å². The van der Waals surface area contributed by atoms with Crippen LogP contribution in [-0.4, -0.2) is 37.2 Å². The van der Waals surface area contributed by atoms with Crippen LogP contribution >= 0.6 is 0 Å². The number of ether oxygens (including phenoxy) is 3. The Bertz CT molecular complexity index is 1300. The van der Waals surface area contributed by atoms with Crippen LogP contribution in [0.3, 0.4) is 0 Å². The van der Waals surface area contributed by atoms with E-state index in [2.05, 4.69) is 57.2 Å². The summed E-state index contributed by atoms with van der Waals surface area (Å²) in [6.45, 7) is 6.70. The second-order valence-corrected chi connectivity index (χ2v) is 23.8. The molecular weight excluding hydrogens is 961 g/mol. The van der Waals surface area contributed by atoms with E-state index in [1.165, 1.54) is 283 Å². The Balaban J connectivity index is 4.29. The molecule has 78 heavy (non-hydrogen) atoms. The van der Waals surface area contributed by atoms with Gasteiger partial charge < -0.3 is 14.2 Å². The van der Waals surface area contributed by atoms with Gasteiger partial charge in [0.15, 0.2) is 6.10 Å². The molecule has 0 aromatic rings. The summed E-state index contributed by atoms with van der Waals surface area (Å²) < 4.78 is 17.0. The average molecular weight is 1100 g/mol. The second-order valence-electron chi connectivity index (χ2n) is 23.8. The molecule has 0 saturated carbocycles. The standard InChI is InChI=1S/C72H134O6/c1-4-7-10-13-16-19-22-25-28-31-33-34-35-36-37-38-39-42-44-47-50-53-56-59-62-65-71(74)77-68-69(67-76-70(73)64-61-58-55-52-49-46-43-40-30-27-24-21-18-15-12-9-6-3)78-72(75)66-63-60-57-54-51-48-45-41-32-29-26-23-20-17-14-11-8-5-2/h22,25,29,31-33,69H,4-21,23-24,26-28,30,34-68H2,1-3H3/b25-22-,32-29-,33-31-. The highest BCUT2D eigenvalue weighted by Gasteiger charge is 2.19. The van der Waals surface area contributed by atoms with Crippen molar-refractivity contribution >= 4 is 17.9 Å². The Labute approximate surface area is 486 Å². The molecular formula is C72H134O6. The fourth-order valence-electron chi connectivity index (χ4n) is 10.6. The smallest absolute Gasteiger partial charge is 0.306 e. The van der Waals surface area contributed by atoms with E-state index < -0.39 is 6.10 Å². The van der Waals surface area contributed by atoms with Crippen molar-refractivity contribution in [3.05, 3.63) is 36.5 Å². The molecule has 0 spiro atoms. The largest absolute Gasteiger partial charge is 0.462 e. The lowest BCUT2D eigenvalue weighted by molar-refractivity contribution is -0.167.